The van der Waals surface area contributed by atoms with E-state index < -0.39 is 0 Å². The van der Waals surface area contributed by atoms with Crippen LogP contribution in [0.4, 0.5) is 0 Å². The third kappa shape index (κ3) is 3.67. The van der Waals surface area contributed by atoms with E-state index in [1.165, 1.54) is 22.3 Å². The number of carbonyl (C=O) groups is 1. The van der Waals surface area contributed by atoms with Crippen LogP contribution in [0.1, 0.15) is 56.5 Å². The molecule has 0 radical (unpaired) electrons. The van der Waals surface area contributed by atoms with Crippen molar-refractivity contribution in [2.75, 3.05) is 0 Å². The quantitative estimate of drug-likeness (QED) is 0.751. The van der Waals surface area contributed by atoms with Gasteiger partial charge < -0.3 is 5.32 Å². The van der Waals surface area contributed by atoms with Crippen LogP contribution in [0.25, 0.3) is 5.69 Å². The second-order valence-electron chi connectivity index (χ2n) is 8.28. The Morgan fingerprint density at radius 3 is 2.71 bits per heavy atom. The minimum atomic E-state index is -0.104. The van der Waals surface area contributed by atoms with Gasteiger partial charge in [0.2, 0.25) is 5.91 Å². The van der Waals surface area contributed by atoms with E-state index in [4.69, 9.17) is 0 Å². The van der Waals surface area contributed by atoms with Gasteiger partial charge in [0.1, 0.15) is 12.9 Å². The molecule has 0 fully saturated rings. The Kier molecular flexibility index (Phi) is 4.70. The highest BCUT2D eigenvalue weighted by atomic mass is 16.2. The lowest BCUT2D eigenvalue weighted by Crippen LogP contribution is -2.33. The first-order valence-corrected chi connectivity index (χ1v) is 9.59. The first kappa shape index (κ1) is 18.3. The highest BCUT2D eigenvalue weighted by molar-refractivity contribution is 5.76. The molecule has 1 aliphatic rings. The number of hydrogen-bond acceptors (Lipinski definition) is 5. The molecule has 2 aromatic heterocycles. The van der Waals surface area contributed by atoms with Crippen LogP contribution < -0.4 is 5.32 Å². The zero-order valence-electron chi connectivity index (χ0n) is 16.5. The predicted octanol–water partition coefficient (Wildman–Crippen LogP) is 2.35. The van der Waals surface area contributed by atoms with Crippen molar-refractivity contribution in [3.05, 3.63) is 53.6 Å². The molecule has 1 atom stereocenters. The first-order valence-electron chi connectivity index (χ1n) is 9.59. The van der Waals surface area contributed by atoms with E-state index in [0.29, 0.717) is 0 Å². The number of fused-ring (bicyclic) bond motifs is 1. The van der Waals surface area contributed by atoms with Crippen LogP contribution >= 0.6 is 0 Å². The third-order valence-corrected chi connectivity index (χ3v) is 5.19. The maximum atomic E-state index is 12.3. The third-order valence-electron chi connectivity index (χ3n) is 5.19. The molecular weight excluding hydrogens is 354 g/mol. The van der Waals surface area contributed by atoms with E-state index in [2.05, 4.69) is 71.0 Å². The highest BCUT2D eigenvalue weighted by Crippen LogP contribution is 2.31. The van der Waals surface area contributed by atoms with Crippen LogP contribution in [0.3, 0.4) is 0 Å². The summed E-state index contributed by atoms with van der Waals surface area (Å²) in [7, 11) is 0. The predicted molar refractivity (Wildman–Crippen MR) is 104 cm³/mol. The van der Waals surface area contributed by atoms with Gasteiger partial charge in [-0.05, 0) is 52.8 Å². The maximum absolute atomic E-state index is 12.3. The zero-order valence-corrected chi connectivity index (χ0v) is 16.5. The van der Waals surface area contributed by atoms with Gasteiger partial charge in [0, 0.05) is 11.3 Å². The van der Waals surface area contributed by atoms with Crippen molar-refractivity contribution in [1.82, 2.24) is 35.3 Å². The Morgan fingerprint density at radius 1 is 1.25 bits per heavy atom. The molecule has 0 saturated heterocycles. The second-order valence-corrected chi connectivity index (χ2v) is 8.28. The lowest BCUT2D eigenvalue weighted by Gasteiger charge is -2.24. The fraction of sp³-hybridized carbons (Fsp3) is 0.450. The van der Waals surface area contributed by atoms with E-state index in [9.17, 15) is 4.79 Å². The summed E-state index contributed by atoms with van der Waals surface area (Å²) in [5.74, 6) is -0.104. The SMILES string of the molecule is CC(C)(C)c1ccc(-n2ncc3c2CCC[C@@H]3NC(=O)Cn2cnnn2)cc1. The molecule has 1 amide bonds. The van der Waals surface area contributed by atoms with Crippen molar-refractivity contribution in [3.63, 3.8) is 0 Å². The molecule has 0 saturated carbocycles. The van der Waals surface area contributed by atoms with Gasteiger partial charge in [-0.1, -0.05) is 32.9 Å². The standard InChI is InChI=1S/C20H25N7O/c1-20(2,3)14-7-9-15(10-8-14)27-18-6-4-5-17(16(18)11-22-27)23-19(28)12-26-13-21-24-25-26/h7-11,13,17H,4-6,12H2,1-3H3,(H,23,28)/t17-/m0/s1. The Bertz CT molecular complexity index is 952. The Morgan fingerprint density at radius 2 is 2.04 bits per heavy atom. The molecule has 0 spiro atoms. The lowest BCUT2D eigenvalue weighted by atomic mass is 9.87. The Balaban J connectivity index is 1.53. The molecule has 0 bridgehead atoms. The van der Waals surface area contributed by atoms with E-state index in [-0.39, 0.29) is 23.9 Å². The Hall–Kier alpha value is -3.03. The van der Waals surface area contributed by atoms with E-state index in [1.807, 2.05) is 10.9 Å². The normalized spacial score (nSPS) is 16.6. The number of carbonyl (C=O) groups excluding carboxylic acids is 1. The number of amides is 1. The van der Waals surface area contributed by atoms with Crippen LogP contribution in [0.15, 0.2) is 36.8 Å². The van der Waals surface area contributed by atoms with Crippen molar-refractivity contribution >= 4 is 5.91 Å². The van der Waals surface area contributed by atoms with Crippen molar-refractivity contribution < 1.29 is 4.79 Å². The van der Waals surface area contributed by atoms with Crippen molar-refractivity contribution in [1.29, 1.82) is 0 Å². The zero-order chi connectivity index (χ0) is 19.7. The summed E-state index contributed by atoms with van der Waals surface area (Å²) in [6, 6.07) is 8.53. The van der Waals surface area contributed by atoms with Crippen molar-refractivity contribution in [2.45, 2.75) is 58.0 Å². The van der Waals surface area contributed by atoms with E-state index in [0.717, 1.165) is 30.5 Å². The first-order chi connectivity index (χ1) is 13.4. The lowest BCUT2D eigenvalue weighted by molar-refractivity contribution is -0.122. The van der Waals surface area contributed by atoms with Gasteiger partial charge in [-0.3, -0.25) is 4.79 Å². The second kappa shape index (κ2) is 7.18. The fourth-order valence-electron chi connectivity index (χ4n) is 3.67. The molecule has 3 aromatic rings. The summed E-state index contributed by atoms with van der Waals surface area (Å²) >= 11 is 0. The topological polar surface area (TPSA) is 90.5 Å². The summed E-state index contributed by atoms with van der Waals surface area (Å²) in [5, 5.41) is 18.6. The molecule has 146 valence electrons. The molecule has 4 rings (SSSR count). The molecule has 1 N–H and O–H groups in total. The Labute approximate surface area is 163 Å². The van der Waals surface area contributed by atoms with Crippen LogP contribution in [-0.2, 0) is 23.2 Å². The van der Waals surface area contributed by atoms with Crippen molar-refractivity contribution in [2.24, 2.45) is 0 Å². The van der Waals surface area contributed by atoms with Gasteiger partial charge in [0.25, 0.3) is 0 Å². The fourth-order valence-corrected chi connectivity index (χ4v) is 3.67. The van der Waals surface area contributed by atoms with E-state index in [1.54, 1.807) is 0 Å². The molecule has 1 aliphatic carbocycles. The van der Waals surface area contributed by atoms with Gasteiger partial charge >= 0.3 is 0 Å². The number of hydrogen-bond donors (Lipinski definition) is 1. The summed E-state index contributed by atoms with van der Waals surface area (Å²) in [6.45, 7) is 6.74. The summed E-state index contributed by atoms with van der Waals surface area (Å²) in [5.41, 5.74) is 4.73. The monoisotopic (exact) mass is 379 g/mol. The smallest absolute Gasteiger partial charge is 0.242 e. The minimum Gasteiger partial charge on any atom is -0.348 e. The molecule has 0 unspecified atom stereocenters. The number of benzene rings is 1. The molecule has 28 heavy (non-hydrogen) atoms. The van der Waals surface area contributed by atoms with Crippen LogP contribution in [-0.4, -0.2) is 35.9 Å². The maximum Gasteiger partial charge on any atom is 0.242 e. The molecular formula is C20H25N7O. The van der Waals surface area contributed by atoms with Crippen LogP contribution in [0, 0.1) is 0 Å². The average Bonchev–Trinajstić information content (AvgIpc) is 3.31. The number of aromatic nitrogens is 6. The van der Waals surface area contributed by atoms with Crippen molar-refractivity contribution in [3.8, 4) is 5.69 Å². The number of rotatable bonds is 4. The molecule has 0 aliphatic heterocycles. The molecule has 2 heterocycles. The number of tetrazole rings is 1. The number of nitrogens with zero attached hydrogens (tertiary/aromatic N) is 6. The van der Waals surface area contributed by atoms with Gasteiger partial charge in [-0.2, -0.15) is 5.10 Å². The molecule has 1 aromatic carbocycles. The minimum absolute atomic E-state index is 0.0321. The van der Waals surface area contributed by atoms with Gasteiger partial charge in [0.15, 0.2) is 0 Å². The van der Waals surface area contributed by atoms with Gasteiger partial charge in [0.05, 0.1) is 17.9 Å². The average molecular weight is 379 g/mol. The molecule has 8 nitrogen and oxygen atoms in total. The number of nitrogens with one attached hydrogen (secondary N) is 1. The van der Waals surface area contributed by atoms with Gasteiger partial charge in [-0.25, -0.2) is 9.36 Å². The van der Waals surface area contributed by atoms with Crippen LogP contribution in [0.5, 0.6) is 0 Å². The summed E-state index contributed by atoms with van der Waals surface area (Å²) < 4.78 is 3.42. The highest BCUT2D eigenvalue weighted by Gasteiger charge is 2.26. The van der Waals surface area contributed by atoms with Crippen LogP contribution in [0.2, 0.25) is 0 Å². The van der Waals surface area contributed by atoms with Gasteiger partial charge in [-0.15, -0.1) is 5.10 Å². The summed E-state index contributed by atoms with van der Waals surface area (Å²) in [4.78, 5) is 12.3. The molecule has 8 heteroatoms. The van der Waals surface area contributed by atoms with E-state index >= 15 is 0 Å². The summed E-state index contributed by atoms with van der Waals surface area (Å²) in [6.07, 6.45) is 6.19. The largest absolute Gasteiger partial charge is 0.348 e.